The van der Waals surface area contributed by atoms with Gasteiger partial charge in [0, 0.05) is 17.7 Å². The lowest BCUT2D eigenvalue weighted by Crippen LogP contribution is -2.37. The summed E-state index contributed by atoms with van der Waals surface area (Å²) < 4.78 is 0. The van der Waals surface area contributed by atoms with Gasteiger partial charge in [-0.1, -0.05) is 23.2 Å². The topological polar surface area (TPSA) is 72.2 Å². The number of hydrogen-bond acceptors (Lipinski definition) is 4. The molecule has 0 aromatic heterocycles. The van der Waals surface area contributed by atoms with Crippen LogP contribution in [0.1, 0.15) is 23.2 Å². The highest BCUT2D eigenvalue weighted by atomic mass is 35.5. The summed E-state index contributed by atoms with van der Waals surface area (Å²) in [6, 6.07) is 2.61. The molecule has 1 aliphatic rings. The van der Waals surface area contributed by atoms with Crippen molar-refractivity contribution in [2.24, 2.45) is 0 Å². The van der Waals surface area contributed by atoms with Gasteiger partial charge in [-0.15, -0.1) is 0 Å². The van der Waals surface area contributed by atoms with Gasteiger partial charge in [0.15, 0.2) is 0 Å². The van der Waals surface area contributed by atoms with Gasteiger partial charge < -0.3 is 5.32 Å². The summed E-state index contributed by atoms with van der Waals surface area (Å²) in [6.45, 7) is 0. The van der Waals surface area contributed by atoms with E-state index in [0.29, 0.717) is 0 Å². The number of nitrogens with zero attached hydrogens (tertiary/aromatic N) is 1. The lowest BCUT2D eigenvalue weighted by Gasteiger charge is -2.22. The number of nitro groups is 1. The Morgan fingerprint density at radius 1 is 1.35 bits per heavy atom. The largest absolute Gasteiger partial charge is 0.349 e. The molecule has 5 nitrogen and oxygen atoms in total. The highest BCUT2D eigenvalue weighted by Crippen LogP contribution is 2.33. The predicted molar refractivity (Wildman–Crippen MR) is 80.9 cm³/mol. The Bertz CT molecular complexity index is 548. The quantitative estimate of drug-likeness (QED) is 0.677. The van der Waals surface area contributed by atoms with Crippen LogP contribution >= 0.6 is 35.0 Å². The molecule has 0 atom stereocenters. The zero-order chi connectivity index (χ0) is 14.7. The summed E-state index contributed by atoms with van der Waals surface area (Å²) >= 11 is 13.4. The van der Waals surface area contributed by atoms with Gasteiger partial charge in [-0.25, -0.2) is 0 Å². The Morgan fingerprint density at radius 3 is 2.60 bits per heavy atom. The van der Waals surface area contributed by atoms with Gasteiger partial charge in [0.25, 0.3) is 11.6 Å². The fourth-order valence-corrected chi connectivity index (χ4v) is 3.45. The maximum Gasteiger partial charge on any atom is 0.290 e. The lowest BCUT2D eigenvalue weighted by atomic mass is 10.1. The molecule has 1 saturated heterocycles. The number of thioether (sulfide) groups is 1. The summed E-state index contributed by atoms with van der Waals surface area (Å²) in [5.41, 5.74) is -0.201. The molecule has 1 N–H and O–H groups in total. The molecule has 1 heterocycles. The van der Waals surface area contributed by atoms with Crippen molar-refractivity contribution in [1.82, 2.24) is 5.32 Å². The number of carbonyl (C=O) groups is 1. The molecular weight excluding hydrogens is 323 g/mol. The minimum atomic E-state index is -0.651. The first-order valence-electron chi connectivity index (χ1n) is 6.01. The van der Waals surface area contributed by atoms with Crippen LogP contribution in [0, 0.1) is 10.1 Å². The first kappa shape index (κ1) is 15.4. The van der Waals surface area contributed by atoms with Gasteiger partial charge in [-0.2, -0.15) is 11.8 Å². The number of carbonyl (C=O) groups excluding carboxylic acids is 1. The van der Waals surface area contributed by atoms with E-state index >= 15 is 0 Å². The molecule has 0 unspecified atom stereocenters. The third-order valence-corrected chi connectivity index (χ3v) is 4.87. The van der Waals surface area contributed by atoms with E-state index in [9.17, 15) is 14.9 Å². The molecule has 0 radical (unpaired) electrons. The fraction of sp³-hybridized carbons (Fsp3) is 0.417. The molecule has 108 valence electrons. The Kier molecular flexibility index (Phi) is 5.12. The minimum Gasteiger partial charge on any atom is -0.349 e. The number of halogens is 2. The van der Waals surface area contributed by atoms with Gasteiger partial charge >= 0.3 is 0 Å². The first-order chi connectivity index (χ1) is 9.49. The van der Waals surface area contributed by atoms with Crippen molar-refractivity contribution in [3.05, 3.63) is 37.9 Å². The third kappa shape index (κ3) is 3.56. The van der Waals surface area contributed by atoms with Crippen LogP contribution in [0.25, 0.3) is 0 Å². The monoisotopic (exact) mass is 334 g/mol. The molecule has 1 aromatic carbocycles. The Labute approximate surface area is 130 Å². The zero-order valence-corrected chi connectivity index (χ0v) is 12.7. The van der Waals surface area contributed by atoms with Crippen molar-refractivity contribution in [3.63, 3.8) is 0 Å². The zero-order valence-electron chi connectivity index (χ0n) is 10.4. The molecule has 0 spiro atoms. The van der Waals surface area contributed by atoms with E-state index < -0.39 is 4.92 Å². The summed E-state index contributed by atoms with van der Waals surface area (Å²) in [6.07, 6.45) is 1.81. The fourth-order valence-electron chi connectivity index (χ4n) is 1.95. The van der Waals surface area contributed by atoms with Crippen LogP contribution < -0.4 is 5.32 Å². The highest BCUT2D eigenvalue weighted by molar-refractivity contribution is 7.99. The van der Waals surface area contributed by atoms with Crippen LogP contribution in [0.15, 0.2) is 12.1 Å². The van der Waals surface area contributed by atoms with Crippen LogP contribution in [0.3, 0.4) is 0 Å². The molecule has 0 saturated carbocycles. The normalized spacial score (nSPS) is 15.9. The van der Waals surface area contributed by atoms with E-state index in [1.54, 1.807) is 0 Å². The molecule has 1 amide bonds. The summed E-state index contributed by atoms with van der Waals surface area (Å²) in [5, 5.41) is 13.6. The maximum absolute atomic E-state index is 12.1. The molecule has 1 fully saturated rings. The summed E-state index contributed by atoms with van der Waals surface area (Å²) in [5.74, 6) is 1.66. The van der Waals surface area contributed by atoms with E-state index in [-0.39, 0.29) is 33.2 Å². The third-order valence-electron chi connectivity index (χ3n) is 3.02. The number of hydrogen-bond donors (Lipinski definition) is 1. The van der Waals surface area contributed by atoms with Crippen molar-refractivity contribution in [2.45, 2.75) is 18.9 Å². The highest BCUT2D eigenvalue weighted by Gasteiger charge is 2.22. The van der Waals surface area contributed by atoms with Gasteiger partial charge in [0.1, 0.15) is 5.02 Å². The van der Waals surface area contributed by atoms with Crippen LogP contribution in [0.5, 0.6) is 0 Å². The second-order valence-corrected chi connectivity index (χ2v) is 6.42. The molecule has 8 heteroatoms. The van der Waals surface area contributed by atoms with Gasteiger partial charge in [-0.05, 0) is 30.4 Å². The SMILES string of the molecule is O=C(NC1CCSCC1)c1cc(Cl)c(Cl)c([N+](=O)[O-])c1. The number of nitrogens with one attached hydrogen (secondary N) is 1. The van der Waals surface area contributed by atoms with Crippen LogP contribution in [0.2, 0.25) is 10.0 Å². The Morgan fingerprint density at radius 2 is 2.00 bits per heavy atom. The number of benzene rings is 1. The van der Waals surface area contributed by atoms with Gasteiger partial charge in [0.05, 0.1) is 9.95 Å². The average Bonchev–Trinajstić information content (AvgIpc) is 2.42. The first-order valence-corrected chi connectivity index (χ1v) is 7.92. The van der Waals surface area contributed by atoms with Crippen LogP contribution in [0.4, 0.5) is 5.69 Å². The molecule has 20 heavy (non-hydrogen) atoms. The van der Waals surface area contributed by atoms with Crippen molar-refractivity contribution < 1.29 is 9.72 Å². The van der Waals surface area contributed by atoms with Crippen molar-refractivity contribution in [3.8, 4) is 0 Å². The maximum atomic E-state index is 12.1. The molecule has 2 rings (SSSR count). The second-order valence-electron chi connectivity index (χ2n) is 4.41. The van der Waals surface area contributed by atoms with E-state index in [4.69, 9.17) is 23.2 Å². The number of nitro benzene ring substituents is 1. The van der Waals surface area contributed by atoms with Crippen LogP contribution in [-0.2, 0) is 0 Å². The average molecular weight is 335 g/mol. The van der Waals surface area contributed by atoms with E-state index in [1.165, 1.54) is 6.07 Å². The standard InChI is InChI=1S/C12H12Cl2N2O3S/c13-9-5-7(6-10(11(9)14)16(18)19)12(17)15-8-1-3-20-4-2-8/h5-6,8H,1-4H2,(H,15,17). The minimum absolute atomic E-state index is 0.00483. The molecule has 0 bridgehead atoms. The van der Waals surface area contributed by atoms with Gasteiger partial charge in [-0.3, -0.25) is 14.9 Å². The number of rotatable bonds is 3. The van der Waals surface area contributed by atoms with E-state index in [1.807, 2.05) is 11.8 Å². The Hall–Kier alpha value is -0.980. The smallest absolute Gasteiger partial charge is 0.290 e. The van der Waals surface area contributed by atoms with Crippen molar-refractivity contribution >= 4 is 46.6 Å². The molecule has 0 aliphatic carbocycles. The van der Waals surface area contributed by atoms with Crippen LogP contribution in [-0.4, -0.2) is 28.4 Å². The summed E-state index contributed by atoms with van der Waals surface area (Å²) in [4.78, 5) is 22.3. The summed E-state index contributed by atoms with van der Waals surface area (Å²) in [7, 11) is 0. The van der Waals surface area contributed by atoms with Crippen molar-refractivity contribution in [2.75, 3.05) is 11.5 Å². The molecule has 1 aliphatic heterocycles. The lowest BCUT2D eigenvalue weighted by molar-refractivity contribution is -0.384. The predicted octanol–water partition coefficient (Wildman–Crippen LogP) is 3.53. The Balaban J connectivity index is 2.19. The molecule has 1 aromatic rings. The van der Waals surface area contributed by atoms with E-state index in [2.05, 4.69) is 5.32 Å². The van der Waals surface area contributed by atoms with Crippen molar-refractivity contribution in [1.29, 1.82) is 0 Å². The molecular formula is C12H12Cl2N2O3S. The second kappa shape index (κ2) is 6.65. The van der Waals surface area contributed by atoms with E-state index in [0.717, 1.165) is 30.4 Å². The number of amides is 1. The van der Waals surface area contributed by atoms with Gasteiger partial charge in [0.2, 0.25) is 0 Å².